The molecule has 0 amide bonds. The van der Waals surface area contributed by atoms with Crippen molar-refractivity contribution in [2.45, 2.75) is 37.6 Å². The van der Waals surface area contributed by atoms with Crippen LogP contribution in [0.3, 0.4) is 0 Å². The van der Waals surface area contributed by atoms with E-state index in [4.69, 9.17) is 9.47 Å². The molecule has 0 spiro atoms. The highest BCUT2D eigenvalue weighted by Gasteiger charge is 2.36. The van der Waals surface area contributed by atoms with E-state index in [1.807, 2.05) is 60.7 Å². The Kier molecular flexibility index (Phi) is 6.55. The van der Waals surface area contributed by atoms with Crippen molar-refractivity contribution in [2.24, 2.45) is 0 Å². The number of ether oxygens (including phenoxy) is 2. The number of benzene rings is 2. The van der Waals surface area contributed by atoms with Crippen LogP contribution in [-0.2, 0) is 22.7 Å². The lowest BCUT2D eigenvalue weighted by atomic mass is 10.0. The fourth-order valence-electron chi connectivity index (χ4n) is 2.92. The predicted octanol–water partition coefficient (Wildman–Crippen LogP) is 1.48. The van der Waals surface area contributed by atoms with Gasteiger partial charge in [0.05, 0.1) is 25.4 Å². The topological polar surface area (TPSA) is 71.0 Å². The van der Waals surface area contributed by atoms with Crippen LogP contribution in [0.15, 0.2) is 60.7 Å². The SMILES string of the molecule is O[C@H]1[C@H](O)[C@@H](OCc2ccccc2)CNC[C@@H]1OCc1ccccc1. The van der Waals surface area contributed by atoms with Crippen LogP contribution in [0.25, 0.3) is 0 Å². The number of hydrogen-bond acceptors (Lipinski definition) is 5. The fraction of sp³-hybridized carbons (Fsp3) is 0.400. The van der Waals surface area contributed by atoms with Crippen LogP contribution >= 0.6 is 0 Å². The first-order chi connectivity index (χ1) is 12.2. The number of hydrogen-bond donors (Lipinski definition) is 3. The highest BCUT2D eigenvalue weighted by molar-refractivity contribution is 5.14. The van der Waals surface area contributed by atoms with E-state index in [2.05, 4.69) is 5.32 Å². The third-order valence-corrected chi connectivity index (χ3v) is 4.42. The Morgan fingerprint density at radius 2 is 1.12 bits per heavy atom. The summed E-state index contributed by atoms with van der Waals surface area (Å²) in [7, 11) is 0. The van der Waals surface area contributed by atoms with E-state index in [0.29, 0.717) is 26.3 Å². The molecule has 5 nitrogen and oxygen atoms in total. The molecular weight excluding hydrogens is 318 g/mol. The third kappa shape index (κ3) is 5.11. The van der Waals surface area contributed by atoms with E-state index in [1.54, 1.807) is 0 Å². The van der Waals surface area contributed by atoms with Crippen LogP contribution < -0.4 is 5.32 Å². The molecule has 1 aliphatic rings. The summed E-state index contributed by atoms with van der Waals surface area (Å²) in [5.41, 5.74) is 2.07. The van der Waals surface area contributed by atoms with Crippen molar-refractivity contribution in [3.05, 3.63) is 71.8 Å². The molecule has 0 bridgehead atoms. The molecule has 2 aromatic rings. The molecule has 0 radical (unpaired) electrons. The monoisotopic (exact) mass is 343 g/mol. The Morgan fingerprint density at radius 3 is 1.52 bits per heavy atom. The Balaban J connectivity index is 1.53. The van der Waals surface area contributed by atoms with Gasteiger partial charge >= 0.3 is 0 Å². The van der Waals surface area contributed by atoms with Gasteiger partial charge in [-0.05, 0) is 11.1 Å². The lowest BCUT2D eigenvalue weighted by Crippen LogP contribution is -2.45. The lowest BCUT2D eigenvalue weighted by Gasteiger charge is -2.27. The van der Waals surface area contributed by atoms with Gasteiger partial charge in [0, 0.05) is 13.1 Å². The number of aliphatic hydroxyl groups is 2. The summed E-state index contributed by atoms with van der Waals surface area (Å²) in [5, 5.41) is 24.1. The molecule has 2 aromatic carbocycles. The smallest absolute Gasteiger partial charge is 0.110 e. The van der Waals surface area contributed by atoms with Crippen LogP contribution in [0.5, 0.6) is 0 Å². The first kappa shape index (κ1) is 18.0. The van der Waals surface area contributed by atoms with E-state index in [9.17, 15) is 10.2 Å². The minimum Gasteiger partial charge on any atom is -0.388 e. The number of nitrogens with one attached hydrogen (secondary N) is 1. The maximum Gasteiger partial charge on any atom is 0.110 e. The van der Waals surface area contributed by atoms with Crippen molar-refractivity contribution >= 4 is 0 Å². The van der Waals surface area contributed by atoms with Gasteiger partial charge in [-0.25, -0.2) is 0 Å². The van der Waals surface area contributed by atoms with Crippen molar-refractivity contribution in [3.63, 3.8) is 0 Å². The van der Waals surface area contributed by atoms with Crippen LogP contribution in [0.4, 0.5) is 0 Å². The predicted molar refractivity (Wildman–Crippen MR) is 94.9 cm³/mol. The average molecular weight is 343 g/mol. The second-order valence-corrected chi connectivity index (χ2v) is 6.31. The summed E-state index contributed by atoms with van der Waals surface area (Å²) >= 11 is 0. The van der Waals surface area contributed by atoms with Gasteiger partial charge in [0.25, 0.3) is 0 Å². The molecule has 25 heavy (non-hydrogen) atoms. The molecule has 134 valence electrons. The van der Waals surface area contributed by atoms with E-state index in [1.165, 1.54) is 0 Å². The Bertz CT molecular complexity index is 567. The summed E-state index contributed by atoms with van der Waals surface area (Å²) < 4.78 is 11.6. The molecule has 1 aliphatic heterocycles. The minimum atomic E-state index is -1.00. The Hall–Kier alpha value is -1.76. The largest absolute Gasteiger partial charge is 0.388 e. The summed E-state index contributed by atoms with van der Waals surface area (Å²) in [6, 6.07) is 19.6. The molecule has 1 heterocycles. The Labute approximate surface area is 148 Å². The number of aliphatic hydroxyl groups excluding tert-OH is 2. The molecule has 3 N–H and O–H groups in total. The summed E-state index contributed by atoms with van der Waals surface area (Å²) in [6.07, 6.45) is -2.97. The van der Waals surface area contributed by atoms with Crippen molar-refractivity contribution in [2.75, 3.05) is 13.1 Å². The van der Waals surface area contributed by atoms with E-state index < -0.39 is 24.4 Å². The van der Waals surface area contributed by atoms with Crippen molar-refractivity contribution < 1.29 is 19.7 Å². The molecule has 0 aliphatic carbocycles. The van der Waals surface area contributed by atoms with E-state index in [-0.39, 0.29) is 0 Å². The van der Waals surface area contributed by atoms with Crippen LogP contribution in [-0.4, -0.2) is 47.7 Å². The molecule has 0 unspecified atom stereocenters. The quantitative estimate of drug-likeness (QED) is 0.741. The average Bonchev–Trinajstić information content (AvgIpc) is 2.79. The molecule has 3 rings (SSSR count). The zero-order valence-corrected chi connectivity index (χ0v) is 14.1. The highest BCUT2D eigenvalue weighted by Crippen LogP contribution is 2.16. The summed E-state index contributed by atoms with van der Waals surface area (Å²) in [5.74, 6) is 0. The second kappa shape index (κ2) is 9.08. The molecular formula is C20H25NO4. The first-order valence-corrected chi connectivity index (χ1v) is 8.62. The summed E-state index contributed by atoms with van der Waals surface area (Å²) in [4.78, 5) is 0. The zero-order chi connectivity index (χ0) is 17.5. The maximum absolute atomic E-state index is 10.5. The normalized spacial score (nSPS) is 27.0. The zero-order valence-electron chi connectivity index (χ0n) is 14.1. The van der Waals surface area contributed by atoms with Gasteiger partial charge < -0.3 is 25.0 Å². The van der Waals surface area contributed by atoms with Crippen molar-refractivity contribution in [1.29, 1.82) is 0 Å². The Morgan fingerprint density at radius 1 is 0.720 bits per heavy atom. The fourth-order valence-corrected chi connectivity index (χ4v) is 2.92. The van der Waals surface area contributed by atoms with Gasteiger partial charge in [-0.1, -0.05) is 60.7 Å². The van der Waals surface area contributed by atoms with Gasteiger partial charge in [-0.15, -0.1) is 0 Å². The van der Waals surface area contributed by atoms with Crippen molar-refractivity contribution in [3.8, 4) is 0 Å². The molecule has 0 aromatic heterocycles. The van der Waals surface area contributed by atoms with Crippen LogP contribution in [0, 0.1) is 0 Å². The molecule has 4 atom stereocenters. The van der Waals surface area contributed by atoms with Gasteiger partial charge in [-0.3, -0.25) is 0 Å². The first-order valence-electron chi connectivity index (χ1n) is 8.62. The lowest BCUT2D eigenvalue weighted by molar-refractivity contribution is -0.128. The highest BCUT2D eigenvalue weighted by atomic mass is 16.5. The van der Waals surface area contributed by atoms with Crippen molar-refractivity contribution in [1.82, 2.24) is 5.32 Å². The molecule has 0 saturated carbocycles. The second-order valence-electron chi connectivity index (χ2n) is 6.31. The van der Waals surface area contributed by atoms with Gasteiger partial charge in [0.2, 0.25) is 0 Å². The van der Waals surface area contributed by atoms with Crippen LogP contribution in [0.1, 0.15) is 11.1 Å². The standard InChI is InChI=1S/C20H25NO4/c22-19-17(24-13-15-7-3-1-4-8-15)11-21-12-18(20(19)23)25-14-16-9-5-2-6-10-16/h1-10,17-23H,11-14H2/t17-,18-,19+,20+/m0/s1. The van der Waals surface area contributed by atoms with Gasteiger partial charge in [0.1, 0.15) is 12.2 Å². The molecule has 1 fully saturated rings. The third-order valence-electron chi connectivity index (χ3n) is 4.42. The van der Waals surface area contributed by atoms with Gasteiger partial charge in [-0.2, -0.15) is 0 Å². The van der Waals surface area contributed by atoms with Crippen LogP contribution in [0.2, 0.25) is 0 Å². The number of rotatable bonds is 6. The molecule has 1 saturated heterocycles. The summed E-state index contributed by atoms with van der Waals surface area (Å²) in [6.45, 7) is 1.73. The maximum atomic E-state index is 10.5. The minimum absolute atomic E-state index is 0.395. The molecule has 5 heteroatoms. The van der Waals surface area contributed by atoms with E-state index >= 15 is 0 Å². The van der Waals surface area contributed by atoms with E-state index in [0.717, 1.165) is 11.1 Å². The van der Waals surface area contributed by atoms with Gasteiger partial charge in [0.15, 0.2) is 0 Å².